The Kier molecular flexibility index (Phi) is 2.17. The summed E-state index contributed by atoms with van der Waals surface area (Å²) in [6, 6.07) is 0. The molecule has 1 fully saturated rings. The lowest BCUT2D eigenvalue weighted by atomic mass is 9.86. The van der Waals surface area contributed by atoms with Gasteiger partial charge in [0, 0.05) is 7.11 Å². The van der Waals surface area contributed by atoms with Crippen molar-refractivity contribution in [3.63, 3.8) is 0 Å². The summed E-state index contributed by atoms with van der Waals surface area (Å²) in [6.07, 6.45) is 2.58. The largest absolute Gasteiger partial charge is 0.381 e. The second kappa shape index (κ2) is 2.74. The molecule has 0 heterocycles. The maximum Gasteiger partial charge on any atom is 0.0700 e. The highest BCUT2D eigenvalue weighted by Crippen LogP contribution is 2.34. The maximum atomic E-state index is 5.71. The number of ether oxygens (including phenoxy) is 1. The highest BCUT2D eigenvalue weighted by Gasteiger charge is 2.27. The van der Waals surface area contributed by atoms with Gasteiger partial charge < -0.3 is 4.74 Å². The fraction of sp³-hybridized carbons (Fsp3) is 1.00. The molecule has 0 aromatic heterocycles. The fourth-order valence-corrected chi connectivity index (χ4v) is 1.58. The van der Waals surface area contributed by atoms with Gasteiger partial charge in [-0.05, 0) is 12.3 Å². The van der Waals surface area contributed by atoms with E-state index in [0.717, 1.165) is 12.8 Å². The monoisotopic (exact) mass is 124 g/mol. The summed E-state index contributed by atoms with van der Waals surface area (Å²) in [4.78, 5) is 0. The average molecular weight is 124 g/mol. The Morgan fingerprint density at radius 2 is 2.11 bits per heavy atom. The van der Waals surface area contributed by atoms with E-state index in [9.17, 15) is 0 Å². The second-order valence-electron chi connectivity index (χ2n) is 2.98. The first-order valence-corrected chi connectivity index (χ1v) is 3.52. The Hall–Kier alpha value is 0.0249. The summed E-state index contributed by atoms with van der Waals surface area (Å²) in [5, 5.41) is 0. The number of methoxy groups -OCH3 is 1. The van der Waals surface area contributed by atoms with Crippen LogP contribution >= 0.6 is 0 Å². The van der Waals surface area contributed by atoms with E-state index >= 15 is 0 Å². The van der Waals surface area contributed by atoms with Gasteiger partial charge in [-0.3, -0.25) is 0 Å². The summed E-state index contributed by atoms with van der Waals surface area (Å²) < 4.78 is 5.21. The predicted octanol–water partition coefficient (Wildman–Crippen LogP) is 1.39. The van der Waals surface area contributed by atoms with E-state index in [-0.39, 0.29) is 0 Å². The van der Waals surface area contributed by atoms with Gasteiger partial charge >= 0.3 is 0 Å². The molecule has 1 nitrogen and oxygen atoms in total. The minimum atomic E-state index is 0.380. The molecule has 9 heavy (non-hydrogen) atoms. The summed E-state index contributed by atoms with van der Waals surface area (Å²) >= 11 is 0. The third-order valence-electron chi connectivity index (χ3n) is 2.15. The molecule has 0 aliphatic heterocycles. The van der Waals surface area contributed by atoms with Crippen molar-refractivity contribution < 1.29 is 4.74 Å². The molecule has 0 saturated heterocycles. The van der Waals surface area contributed by atoms with E-state index in [2.05, 4.69) is 6.92 Å². The van der Waals surface area contributed by atoms with Crippen molar-refractivity contribution in [2.75, 3.05) is 7.11 Å². The van der Waals surface area contributed by atoms with E-state index < -0.39 is 0 Å². The summed E-state index contributed by atoms with van der Waals surface area (Å²) in [7, 11) is 7.47. The molecule has 2 radical (unpaired) electrons. The smallest absolute Gasteiger partial charge is 0.0700 e. The van der Waals surface area contributed by atoms with Gasteiger partial charge in [-0.25, -0.2) is 0 Å². The van der Waals surface area contributed by atoms with Gasteiger partial charge in [-0.2, -0.15) is 0 Å². The second-order valence-corrected chi connectivity index (χ2v) is 2.98. The lowest BCUT2D eigenvalue weighted by Crippen LogP contribution is -2.12. The number of hydrogen-bond acceptors (Lipinski definition) is 1. The SMILES string of the molecule is [B]C1CC(C)C(OC)C1. The topological polar surface area (TPSA) is 9.23 Å². The van der Waals surface area contributed by atoms with Crippen molar-refractivity contribution in [3.05, 3.63) is 0 Å². The lowest BCUT2D eigenvalue weighted by molar-refractivity contribution is 0.0775. The van der Waals surface area contributed by atoms with Gasteiger partial charge in [0.2, 0.25) is 0 Å². The molecule has 50 valence electrons. The molecular formula is C7H13BO. The Balaban J connectivity index is 2.38. The van der Waals surface area contributed by atoms with Gasteiger partial charge in [0.05, 0.1) is 14.0 Å². The maximum absolute atomic E-state index is 5.71. The quantitative estimate of drug-likeness (QED) is 0.480. The summed E-state index contributed by atoms with van der Waals surface area (Å²) in [5.74, 6) is 1.04. The van der Waals surface area contributed by atoms with Crippen LogP contribution in [0.1, 0.15) is 19.8 Å². The zero-order valence-corrected chi connectivity index (χ0v) is 6.13. The zero-order chi connectivity index (χ0) is 6.85. The van der Waals surface area contributed by atoms with Gasteiger partial charge in [0.15, 0.2) is 0 Å². The van der Waals surface area contributed by atoms with Crippen molar-refractivity contribution >= 4 is 7.85 Å². The van der Waals surface area contributed by atoms with Crippen molar-refractivity contribution in [3.8, 4) is 0 Å². The van der Waals surface area contributed by atoms with Gasteiger partial charge in [0.25, 0.3) is 0 Å². The number of rotatable bonds is 1. The first-order valence-electron chi connectivity index (χ1n) is 3.52. The third kappa shape index (κ3) is 1.48. The van der Waals surface area contributed by atoms with Crippen LogP contribution in [0.4, 0.5) is 0 Å². The standard InChI is InChI=1S/C7H13BO/c1-5-3-6(8)4-7(5)9-2/h5-7H,3-4H2,1-2H3. The third-order valence-corrected chi connectivity index (χ3v) is 2.15. The van der Waals surface area contributed by atoms with Gasteiger partial charge in [-0.15, -0.1) is 0 Å². The van der Waals surface area contributed by atoms with Crippen molar-refractivity contribution in [2.24, 2.45) is 5.92 Å². The molecule has 1 aliphatic rings. The van der Waals surface area contributed by atoms with Crippen LogP contribution in [0.2, 0.25) is 5.82 Å². The van der Waals surface area contributed by atoms with Crippen LogP contribution in [0.3, 0.4) is 0 Å². The average Bonchev–Trinajstić information content (AvgIpc) is 2.10. The van der Waals surface area contributed by atoms with Crippen molar-refractivity contribution in [1.29, 1.82) is 0 Å². The van der Waals surface area contributed by atoms with Crippen LogP contribution in [-0.4, -0.2) is 21.1 Å². The molecule has 1 aliphatic carbocycles. The predicted molar refractivity (Wildman–Crippen MR) is 38.7 cm³/mol. The van der Waals surface area contributed by atoms with Gasteiger partial charge in [-0.1, -0.05) is 19.2 Å². The molecule has 0 N–H and O–H groups in total. The molecule has 0 aromatic rings. The van der Waals surface area contributed by atoms with Crippen LogP contribution in [0.25, 0.3) is 0 Å². The first kappa shape index (κ1) is 7.14. The summed E-state index contributed by atoms with van der Waals surface area (Å²) in [6.45, 7) is 2.20. The minimum Gasteiger partial charge on any atom is -0.381 e. The highest BCUT2D eigenvalue weighted by molar-refractivity contribution is 6.11. The van der Waals surface area contributed by atoms with Crippen LogP contribution < -0.4 is 0 Å². The molecule has 0 aromatic carbocycles. The molecule has 3 atom stereocenters. The highest BCUT2D eigenvalue weighted by atomic mass is 16.5. The lowest BCUT2D eigenvalue weighted by Gasteiger charge is -2.11. The van der Waals surface area contributed by atoms with Crippen molar-refractivity contribution in [1.82, 2.24) is 0 Å². The number of hydrogen-bond donors (Lipinski definition) is 0. The van der Waals surface area contributed by atoms with Crippen LogP contribution in [0, 0.1) is 5.92 Å². The van der Waals surface area contributed by atoms with E-state index in [1.54, 1.807) is 7.11 Å². The molecule has 3 unspecified atom stereocenters. The Bertz CT molecular complexity index is 94.9. The van der Waals surface area contributed by atoms with E-state index in [0.29, 0.717) is 17.8 Å². The molecular weight excluding hydrogens is 111 g/mol. The molecule has 2 heteroatoms. The zero-order valence-electron chi connectivity index (χ0n) is 6.13. The first-order chi connectivity index (χ1) is 4.24. The molecule has 0 bridgehead atoms. The van der Waals surface area contributed by atoms with E-state index in [1.165, 1.54) is 0 Å². The van der Waals surface area contributed by atoms with Crippen LogP contribution in [-0.2, 0) is 4.74 Å². The van der Waals surface area contributed by atoms with Crippen LogP contribution in [0.5, 0.6) is 0 Å². The summed E-state index contributed by atoms with van der Waals surface area (Å²) in [5.41, 5.74) is 0. The molecule has 1 rings (SSSR count). The molecule has 0 spiro atoms. The minimum absolute atomic E-state index is 0.380. The molecule has 0 amide bonds. The Morgan fingerprint density at radius 3 is 2.33 bits per heavy atom. The Labute approximate surface area is 58.2 Å². The normalized spacial score (nSPS) is 43.6. The Morgan fingerprint density at radius 1 is 1.44 bits per heavy atom. The fourth-order valence-electron chi connectivity index (χ4n) is 1.58. The van der Waals surface area contributed by atoms with Crippen molar-refractivity contribution in [2.45, 2.75) is 31.7 Å². The van der Waals surface area contributed by atoms with E-state index in [1.807, 2.05) is 0 Å². The molecule has 1 saturated carbocycles. The van der Waals surface area contributed by atoms with Gasteiger partial charge in [0.1, 0.15) is 0 Å². The van der Waals surface area contributed by atoms with E-state index in [4.69, 9.17) is 12.6 Å². The van der Waals surface area contributed by atoms with Crippen LogP contribution in [0.15, 0.2) is 0 Å².